The Morgan fingerprint density at radius 2 is 1.88 bits per heavy atom. The molecule has 0 aliphatic carbocycles. The molecular weight excluding hydrogens is 325 g/mol. The van der Waals surface area contributed by atoms with Crippen molar-refractivity contribution in [3.05, 3.63) is 35.4 Å². The van der Waals surface area contributed by atoms with Gasteiger partial charge in [0, 0.05) is 19.4 Å². The van der Waals surface area contributed by atoms with E-state index < -0.39 is 35.5 Å². The van der Waals surface area contributed by atoms with Gasteiger partial charge in [0.2, 0.25) is 17.7 Å². The molecule has 1 atom stereocenters. The summed E-state index contributed by atoms with van der Waals surface area (Å²) in [6.07, 6.45) is -4.06. The summed E-state index contributed by atoms with van der Waals surface area (Å²) in [5.41, 5.74) is -0.515. The number of carbonyl (C=O) groups is 3. The van der Waals surface area contributed by atoms with Gasteiger partial charge in [-0.3, -0.25) is 19.3 Å². The third-order valence-electron chi connectivity index (χ3n) is 3.81. The fourth-order valence-electron chi connectivity index (χ4n) is 2.59. The highest BCUT2D eigenvalue weighted by atomic mass is 19.4. The van der Waals surface area contributed by atoms with Crippen molar-refractivity contribution in [1.82, 2.24) is 10.2 Å². The average molecular weight is 342 g/mol. The van der Waals surface area contributed by atoms with Gasteiger partial charge in [0.05, 0.1) is 5.56 Å². The van der Waals surface area contributed by atoms with Crippen LogP contribution in [0.5, 0.6) is 0 Å². The third-order valence-corrected chi connectivity index (χ3v) is 3.81. The highest BCUT2D eigenvalue weighted by Crippen LogP contribution is 2.29. The standard InChI is InChI=1S/C16H17F3N2O3/c1-2-12(21-13(22)6-7-14(21)23)15(24)20-9-10-4-3-5-11(8-10)16(17,18)19/h3-5,8,12H,2,6-7,9H2,1H3,(H,20,24). The summed E-state index contributed by atoms with van der Waals surface area (Å²) in [6, 6.07) is 3.69. The van der Waals surface area contributed by atoms with Crippen molar-refractivity contribution in [3.63, 3.8) is 0 Å². The molecule has 1 unspecified atom stereocenters. The molecule has 3 amide bonds. The number of amides is 3. The molecule has 1 heterocycles. The molecule has 1 aliphatic heterocycles. The summed E-state index contributed by atoms with van der Waals surface area (Å²) < 4.78 is 38.0. The van der Waals surface area contributed by atoms with Crippen LogP contribution in [-0.4, -0.2) is 28.7 Å². The SMILES string of the molecule is CCC(C(=O)NCc1cccc(C(F)(F)F)c1)N1C(=O)CCC1=O. The lowest BCUT2D eigenvalue weighted by Crippen LogP contribution is -2.48. The van der Waals surface area contributed by atoms with E-state index in [9.17, 15) is 27.6 Å². The number of hydrogen-bond donors (Lipinski definition) is 1. The molecule has 1 aromatic carbocycles. The van der Waals surface area contributed by atoms with Crippen molar-refractivity contribution < 1.29 is 27.6 Å². The molecule has 1 aliphatic rings. The Morgan fingerprint density at radius 1 is 1.25 bits per heavy atom. The molecule has 0 radical (unpaired) electrons. The number of hydrogen-bond acceptors (Lipinski definition) is 3. The smallest absolute Gasteiger partial charge is 0.350 e. The maximum atomic E-state index is 12.7. The van der Waals surface area contributed by atoms with Crippen molar-refractivity contribution in [3.8, 4) is 0 Å². The number of nitrogens with one attached hydrogen (secondary N) is 1. The Morgan fingerprint density at radius 3 is 2.42 bits per heavy atom. The molecule has 0 aromatic heterocycles. The molecule has 0 saturated carbocycles. The number of halogens is 3. The van der Waals surface area contributed by atoms with E-state index in [4.69, 9.17) is 0 Å². The van der Waals surface area contributed by atoms with Crippen molar-refractivity contribution in [2.24, 2.45) is 0 Å². The van der Waals surface area contributed by atoms with Crippen LogP contribution in [0.2, 0.25) is 0 Å². The van der Waals surface area contributed by atoms with Gasteiger partial charge in [0.1, 0.15) is 6.04 Å². The van der Waals surface area contributed by atoms with Gasteiger partial charge in [-0.1, -0.05) is 19.1 Å². The number of imide groups is 1. The number of likely N-dealkylation sites (tertiary alicyclic amines) is 1. The monoisotopic (exact) mass is 342 g/mol. The van der Waals surface area contributed by atoms with Crippen molar-refractivity contribution in [2.75, 3.05) is 0 Å². The summed E-state index contributed by atoms with van der Waals surface area (Å²) in [4.78, 5) is 36.6. The highest BCUT2D eigenvalue weighted by molar-refractivity contribution is 6.05. The van der Waals surface area contributed by atoms with Crippen LogP contribution in [0, 0.1) is 0 Å². The number of rotatable bonds is 5. The minimum atomic E-state index is -4.46. The summed E-state index contributed by atoms with van der Waals surface area (Å²) in [6.45, 7) is 1.54. The van der Waals surface area contributed by atoms with Gasteiger partial charge >= 0.3 is 6.18 Å². The van der Waals surface area contributed by atoms with Gasteiger partial charge in [-0.25, -0.2) is 0 Å². The predicted octanol–water partition coefficient (Wildman–Crippen LogP) is 2.25. The van der Waals surface area contributed by atoms with Crippen molar-refractivity contribution in [2.45, 2.75) is 44.9 Å². The van der Waals surface area contributed by atoms with Gasteiger partial charge in [-0.2, -0.15) is 13.2 Å². The van der Waals surface area contributed by atoms with Crippen LogP contribution in [0.3, 0.4) is 0 Å². The molecule has 1 saturated heterocycles. The van der Waals surface area contributed by atoms with Crippen LogP contribution in [0.25, 0.3) is 0 Å². The molecule has 1 fully saturated rings. The average Bonchev–Trinajstić information content (AvgIpc) is 2.85. The third kappa shape index (κ3) is 3.93. The van der Waals surface area contributed by atoms with Crippen LogP contribution >= 0.6 is 0 Å². The Bertz CT molecular complexity index is 642. The zero-order valence-electron chi connectivity index (χ0n) is 13.0. The molecule has 130 valence electrons. The topological polar surface area (TPSA) is 66.5 Å². The minimum Gasteiger partial charge on any atom is -0.350 e. The summed E-state index contributed by atoms with van der Waals surface area (Å²) >= 11 is 0. The molecule has 8 heteroatoms. The largest absolute Gasteiger partial charge is 0.416 e. The maximum Gasteiger partial charge on any atom is 0.416 e. The molecule has 1 aromatic rings. The molecule has 0 bridgehead atoms. The molecule has 24 heavy (non-hydrogen) atoms. The summed E-state index contributed by atoms with van der Waals surface area (Å²) in [7, 11) is 0. The Labute approximate surface area is 136 Å². The fourth-order valence-corrected chi connectivity index (χ4v) is 2.59. The first-order chi connectivity index (χ1) is 11.2. The van der Waals surface area contributed by atoms with E-state index in [-0.39, 0.29) is 31.4 Å². The Kier molecular flexibility index (Phi) is 5.26. The van der Waals surface area contributed by atoms with Crippen molar-refractivity contribution in [1.29, 1.82) is 0 Å². The number of benzene rings is 1. The zero-order valence-corrected chi connectivity index (χ0v) is 13.0. The minimum absolute atomic E-state index is 0.0796. The fraction of sp³-hybridized carbons (Fsp3) is 0.438. The van der Waals surface area contributed by atoms with Crippen LogP contribution in [-0.2, 0) is 27.1 Å². The van der Waals surface area contributed by atoms with Crippen LogP contribution in [0.4, 0.5) is 13.2 Å². The first kappa shape index (κ1) is 18.0. The number of carbonyl (C=O) groups excluding carboxylic acids is 3. The summed E-state index contributed by atoms with van der Waals surface area (Å²) in [5, 5.41) is 2.49. The van der Waals surface area contributed by atoms with E-state index >= 15 is 0 Å². The van der Waals surface area contributed by atoms with E-state index in [0.29, 0.717) is 0 Å². The summed E-state index contributed by atoms with van der Waals surface area (Å²) in [5.74, 6) is -1.36. The first-order valence-electron chi connectivity index (χ1n) is 7.52. The second-order valence-electron chi connectivity index (χ2n) is 5.50. The van der Waals surface area contributed by atoms with Gasteiger partial charge in [-0.15, -0.1) is 0 Å². The normalized spacial score (nSPS) is 16.4. The van der Waals surface area contributed by atoms with Gasteiger partial charge in [-0.05, 0) is 24.1 Å². The first-order valence-corrected chi connectivity index (χ1v) is 7.52. The highest BCUT2D eigenvalue weighted by Gasteiger charge is 2.37. The van der Waals surface area contributed by atoms with Gasteiger partial charge in [0.15, 0.2) is 0 Å². The van der Waals surface area contributed by atoms with Crippen LogP contribution < -0.4 is 5.32 Å². The molecular formula is C16H17F3N2O3. The lowest BCUT2D eigenvalue weighted by molar-refractivity contribution is -0.146. The second-order valence-corrected chi connectivity index (χ2v) is 5.50. The number of nitrogens with zero attached hydrogens (tertiary/aromatic N) is 1. The van der Waals surface area contributed by atoms with Gasteiger partial charge in [0.25, 0.3) is 0 Å². The molecule has 0 spiro atoms. The number of alkyl halides is 3. The zero-order chi connectivity index (χ0) is 17.9. The second kappa shape index (κ2) is 7.02. The maximum absolute atomic E-state index is 12.7. The van der Waals surface area contributed by atoms with Gasteiger partial charge < -0.3 is 5.32 Å². The lowest BCUT2D eigenvalue weighted by Gasteiger charge is -2.24. The van der Waals surface area contributed by atoms with E-state index in [2.05, 4.69) is 5.32 Å². The Balaban J connectivity index is 2.04. The van der Waals surface area contributed by atoms with E-state index in [1.54, 1.807) is 6.92 Å². The van der Waals surface area contributed by atoms with E-state index in [1.165, 1.54) is 12.1 Å². The molecule has 1 N–H and O–H groups in total. The predicted molar refractivity (Wildman–Crippen MR) is 78.5 cm³/mol. The Hall–Kier alpha value is -2.38. The van der Waals surface area contributed by atoms with Crippen molar-refractivity contribution >= 4 is 17.7 Å². The lowest BCUT2D eigenvalue weighted by atomic mass is 10.1. The van der Waals surface area contributed by atoms with E-state index in [1.807, 2.05) is 0 Å². The van der Waals surface area contributed by atoms with Crippen LogP contribution in [0.1, 0.15) is 37.3 Å². The van der Waals surface area contributed by atoms with Crippen LogP contribution in [0.15, 0.2) is 24.3 Å². The van der Waals surface area contributed by atoms with E-state index in [0.717, 1.165) is 17.0 Å². The molecule has 2 rings (SSSR count). The quantitative estimate of drug-likeness (QED) is 0.835. The molecule has 5 nitrogen and oxygen atoms in total.